The number of nitrogens with two attached hydrogens (primary N) is 1. The highest BCUT2D eigenvalue weighted by Gasteiger charge is 2.34. The van der Waals surface area contributed by atoms with Crippen LogP contribution in [0.15, 0.2) is 12.1 Å². The first-order valence-corrected chi connectivity index (χ1v) is 7.12. The van der Waals surface area contributed by atoms with E-state index >= 15 is 0 Å². The van der Waals surface area contributed by atoms with Gasteiger partial charge in [0.2, 0.25) is 0 Å². The van der Waals surface area contributed by atoms with Crippen molar-refractivity contribution in [2.45, 2.75) is 32.6 Å². The Morgan fingerprint density at radius 2 is 2.18 bits per heavy atom. The van der Waals surface area contributed by atoms with Gasteiger partial charge in [-0.05, 0) is 53.3 Å². The SMILES string of the molecule is CCC1(CNc2cc(F)c(I)cc2N)CCC1. The van der Waals surface area contributed by atoms with Gasteiger partial charge < -0.3 is 11.1 Å². The Kier molecular flexibility index (Phi) is 3.80. The van der Waals surface area contributed by atoms with Gasteiger partial charge in [-0.2, -0.15) is 0 Å². The predicted octanol–water partition coefficient (Wildman–Crippen LogP) is 4.00. The van der Waals surface area contributed by atoms with Gasteiger partial charge in [0.25, 0.3) is 0 Å². The molecule has 4 heteroatoms. The molecule has 0 spiro atoms. The lowest BCUT2D eigenvalue weighted by Gasteiger charge is -2.41. The van der Waals surface area contributed by atoms with Crippen LogP contribution in [-0.2, 0) is 0 Å². The van der Waals surface area contributed by atoms with Crippen LogP contribution in [-0.4, -0.2) is 6.54 Å². The standard InChI is InChI=1S/C13H18FIN2/c1-2-13(4-3-5-13)8-17-12-6-9(14)10(15)7-11(12)16/h6-7,17H,2-5,8,16H2,1H3. The fraction of sp³-hybridized carbons (Fsp3) is 0.538. The van der Waals surface area contributed by atoms with E-state index in [1.54, 1.807) is 6.07 Å². The van der Waals surface area contributed by atoms with Crippen LogP contribution >= 0.6 is 22.6 Å². The second kappa shape index (κ2) is 5.00. The van der Waals surface area contributed by atoms with Gasteiger partial charge in [0.1, 0.15) is 5.82 Å². The first-order valence-electron chi connectivity index (χ1n) is 6.05. The van der Waals surface area contributed by atoms with Crippen LogP contribution in [0.5, 0.6) is 0 Å². The number of halogens is 2. The summed E-state index contributed by atoms with van der Waals surface area (Å²) in [5, 5.41) is 3.31. The maximum Gasteiger partial charge on any atom is 0.138 e. The number of benzene rings is 1. The average Bonchev–Trinajstić information content (AvgIpc) is 2.24. The lowest BCUT2D eigenvalue weighted by atomic mass is 9.67. The molecule has 1 aromatic rings. The fourth-order valence-electron chi connectivity index (χ4n) is 2.33. The van der Waals surface area contributed by atoms with Gasteiger partial charge in [0, 0.05) is 12.6 Å². The van der Waals surface area contributed by atoms with Gasteiger partial charge in [0.15, 0.2) is 0 Å². The van der Waals surface area contributed by atoms with Crippen molar-refractivity contribution in [3.8, 4) is 0 Å². The molecule has 1 aliphatic carbocycles. The zero-order valence-corrected chi connectivity index (χ0v) is 12.2. The number of hydrogen-bond donors (Lipinski definition) is 2. The lowest BCUT2D eigenvalue weighted by molar-refractivity contribution is 0.145. The van der Waals surface area contributed by atoms with E-state index in [-0.39, 0.29) is 5.82 Å². The van der Waals surface area contributed by atoms with Crippen molar-refractivity contribution in [3.63, 3.8) is 0 Å². The summed E-state index contributed by atoms with van der Waals surface area (Å²) in [4.78, 5) is 0. The number of anilines is 2. The van der Waals surface area contributed by atoms with Crippen LogP contribution < -0.4 is 11.1 Å². The van der Waals surface area contributed by atoms with Crippen LogP contribution in [0, 0.1) is 14.8 Å². The topological polar surface area (TPSA) is 38.0 Å². The Labute approximate surface area is 115 Å². The second-order valence-corrected chi connectivity index (χ2v) is 6.08. The van der Waals surface area contributed by atoms with Gasteiger partial charge in [0.05, 0.1) is 14.9 Å². The van der Waals surface area contributed by atoms with Gasteiger partial charge in [-0.25, -0.2) is 4.39 Å². The molecule has 0 bridgehead atoms. The number of rotatable bonds is 4. The van der Waals surface area contributed by atoms with Gasteiger partial charge in [-0.1, -0.05) is 13.3 Å². The van der Waals surface area contributed by atoms with E-state index < -0.39 is 0 Å². The first kappa shape index (κ1) is 12.9. The molecule has 0 radical (unpaired) electrons. The van der Waals surface area contributed by atoms with E-state index in [4.69, 9.17) is 5.73 Å². The van der Waals surface area contributed by atoms with E-state index in [0.717, 1.165) is 12.2 Å². The maximum atomic E-state index is 13.5. The van der Waals surface area contributed by atoms with E-state index in [1.807, 2.05) is 22.6 Å². The normalized spacial score (nSPS) is 17.6. The third-order valence-electron chi connectivity index (χ3n) is 3.91. The average molecular weight is 348 g/mol. The molecule has 0 aromatic heterocycles. The summed E-state index contributed by atoms with van der Waals surface area (Å²) in [6.45, 7) is 3.12. The summed E-state index contributed by atoms with van der Waals surface area (Å²) in [6, 6.07) is 3.18. The molecule has 17 heavy (non-hydrogen) atoms. The van der Waals surface area contributed by atoms with Crippen molar-refractivity contribution in [2.24, 2.45) is 5.41 Å². The maximum absolute atomic E-state index is 13.5. The summed E-state index contributed by atoms with van der Waals surface area (Å²) in [6.07, 6.45) is 5.02. The highest BCUT2D eigenvalue weighted by molar-refractivity contribution is 14.1. The summed E-state index contributed by atoms with van der Waals surface area (Å²) in [5.41, 5.74) is 7.65. The molecule has 0 heterocycles. The largest absolute Gasteiger partial charge is 0.397 e. The van der Waals surface area contributed by atoms with E-state index in [2.05, 4.69) is 12.2 Å². The molecule has 1 saturated carbocycles. The molecule has 0 saturated heterocycles. The molecule has 0 atom stereocenters. The quantitative estimate of drug-likeness (QED) is 0.638. The molecule has 94 valence electrons. The Morgan fingerprint density at radius 3 is 2.71 bits per heavy atom. The lowest BCUT2D eigenvalue weighted by Crippen LogP contribution is -2.36. The van der Waals surface area contributed by atoms with Crippen LogP contribution in [0.25, 0.3) is 0 Å². The van der Waals surface area contributed by atoms with Crippen molar-refractivity contribution in [2.75, 3.05) is 17.6 Å². The zero-order chi connectivity index (χ0) is 12.5. The fourth-order valence-corrected chi connectivity index (χ4v) is 2.82. The van der Waals surface area contributed by atoms with Crippen molar-refractivity contribution in [1.29, 1.82) is 0 Å². The highest BCUT2D eigenvalue weighted by atomic mass is 127. The molecule has 2 nitrogen and oxygen atoms in total. The van der Waals surface area contributed by atoms with Gasteiger partial charge in [-0.3, -0.25) is 0 Å². The summed E-state index contributed by atoms with van der Waals surface area (Å²) in [7, 11) is 0. The minimum atomic E-state index is -0.207. The van der Waals surface area contributed by atoms with Crippen LogP contribution in [0.4, 0.5) is 15.8 Å². The smallest absolute Gasteiger partial charge is 0.138 e. The Morgan fingerprint density at radius 1 is 1.47 bits per heavy atom. The molecule has 2 rings (SSSR count). The monoisotopic (exact) mass is 348 g/mol. The van der Waals surface area contributed by atoms with E-state index in [1.165, 1.54) is 31.7 Å². The predicted molar refractivity (Wildman–Crippen MR) is 78.6 cm³/mol. The summed E-state index contributed by atoms with van der Waals surface area (Å²) >= 11 is 1.95. The molecule has 1 fully saturated rings. The van der Waals surface area contributed by atoms with Crippen LogP contribution in [0.1, 0.15) is 32.6 Å². The second-order valence-electron chi connectivity index (χ2n) is 4.91. The molecule has 1 aromatic carbocycles. The number of hydrogen-bond acceptors (Lipinski definition) is 2. The molecule has 1 aliphatic rings. The van der Waals surface area contributed by atoms with Crippen molar-refractivity contribution in [3.05, 3.63) is 21.5 Å². The van der Waals surface area contributed by atoms with Gasteiger partial charge in [-0.15, -0.1) is 0 Å². The summed E-state index contributed by atoms with van der Waals surface area (Å²) < 4.78 is 14.0. The molecular formula is C13H18FIN2. The van der Waals surface area contributed by atoms with Crippen molar-refractivity contribution < 1.29 is 4.39 Å². The molecule has 0 amide bonds. The first-order chi connectivity index (χ1) is 8.06. The van der Waals surface area contributed by atoms with Crippen LogP contribution in [0.3, 0.4) is 0 Å². The zero-order valence-electron chi connectivity index (χ0n) is 10.0. The van der Waals surface area contributed by atoms with Gasteiger partial charge >= 0.3 is 0 Å². The Bertz CT molecular complexity index is 411. The Hall–Kier alpha value is -0.520. The van der Waals surface area contributed by atoms with Crippen LogP contribution in [0.2, 0.25) is 0 Å². The third-order valence-corrected chi connectivity index (χ3v) is 4.74. The number of nitrogen functional groups attached to an aromatic ring is 1. The minimum Gasteiger partial charge on any atom is -0.397 e. The molecule has 3 N–H and O–H groups in total. The molecule has 0 aliphatic heterocycles. The highest BCUT2D eigenvalue weighted by Crippen LogP contribution is 2.44. The third kappa shape index (κ3) is 2.67. The minimum absolute atomic E-state index is 0.207. The summed E-state index contributed by atoms with van der Waals surface area (Å²) in [5.74, 6) is -0.207. The van der Waals surface area contributed by atoms with E-state index in [0.29, 0.717) is 14.7 Å². The number of nitrogens with one attached hydrogen (secondary N) is 1. The Balaban J connectivity index is 2.06. The molecular weight excluding hydrogens is 330 g/mol. The van der Waals surface area contributed by atoms with Crippen molar-refractivity contribution >= 4 is 34.0 Å². The molecule has 0 unspecified atom stereocenters. The van der Waals surface area contributed by atoms with E-state index in [9.17, 15) is 4.39 Å². The van der Waals surface area contributed by atoms with Crippen molar-refractivity contribution in [1.82, 2.24) is 0 Å².